The van der Waals surface area contributed by atoms with Crippen LogP contribution in [0.5, 0.6) is 5.75 Å². The van der Waals surface area contributed by atoms with Gasteiger partial charge in [0.1, 0.15) is 17.7 Å². The van der Waals surface area contributed by atoms with Crippen LogP contribution >= 0.6 is 0 Å². The van der Waals surface area contributed by atoms with E-state index in [2.05, 4.69) is 5.32 Å². The number of anilines is 1. The van der Waals surface area contributed by atoms with Gasteiger partial charge in [-0.25, -0.2) is 4.39 Å². The first kappa shape index (κ1) is 13.6. The van der Waals surface area contributed by atoms with Gasteiger partial charge in [0.15, 0.2) is 0 Å². The van der Waals surface area contributed by atoms with Gasteiger partial charge in [0.25, 0.3) is 0 Å². The Morgan fingerprint density at radius 1 is 1.29 bits per heavy atom. The largest absolute Gasteiger partial charge is 0.496 e. The molecule has 0 radical (unpaired) electrons. The molecule has 0 fully saturated rings. The number of nitrogens with one attached hydrogen (secondary N) is 1. The third kappa shape index (κ3) is 2.36. The molecule has 1 aliphatic heterocycles. The minimum absolute atomic E-state index is 0.124. The smallest absolute Gasteiger partial charge is 0.228 e. The number of benzene rings is 2. The molecular weight excluding hydrogens is 273 g/mol. The molecule has 0 spiro atoms. The number of aliphatic hydroxyl groups is 1. The second-order valence-corrected chi connectivity index (χ2v) is 4.90. The molecule has 0 aliphatic carbocycles. The van der Waals surface area contributed by atoms with Crippen LogP contribution in [0.4, 0.5) is 10.1 Å². The molecule has 4 nitrogen and oxygen atoms in total. The molecule has 2 N–H and O–H groups in total. The number of ether oxygens (including phenoxy) is 1. The lowest BCUT2D eigenvalue weighted by molar-refractivity contribution is -0.115. The summed E-state index contributed by atoms with van der Waals surface area (Å²) >= 11 is 0. The van der Waals surface area contributed by atoms with Crippen LogP contribution < -0.4 is 10.1 Å². The molecule has 1 unspecified atom stereocenters. The van der Waals surface area contributed by atoms with Crippen molar-refractivity contribution in [3.8, 4) is 5.75 Å². The molecule has 0 aromatic heterocycles. The molecule has 1 amide bonds. The van der Waals surface area contributed by atoms with E-state index < -0.39 is 11.9 Å². The predicted octanol–water partition coefficient (Wildman–Crippen LogP) is 2.41. The molecule has 1 heterocycles. The Balaban J connectivity index is 2.11. The highest BCUT2D eigenvalue weighted by Crippen LogP contribution is 2.37. The fraction of sp³-hybridized carbons (Fsp3) is 0.188. The first-order valence-corrected chi connectivity index (χ1v) is 6.53. The van der Waals surface area contributed by atoms with E-state index in [0.29, 0.717) is 28.1 Å². The van der Waals surface area contributed by atoms with Crippen molar-refractivity contribution in [2.45, 2.75) is 12.5 Å². The van der Waals surface area contributed by atoms with Crippen LogP contribution in [0.25, 0.3) is 0 Å². The van der Waals surface area contributed by atoms with Gasteiger partial charge in [-0.05, 0) is 23.8 Å². The van der Waals surface area contributed by atoms with Crippen LogP contribution in [0.15, 0.2) is 36.4 Å². The molecule has 3 rings (SSSR count). The van der Waals surface area contributed by atoms with Gasteiger partial charge in [-0.15, -0.1) is 0 Å². The highest BCUT2D eigenvalue weighted by atomic mass is 19.1. The molecule has 1 aliphatic rings. The summed E-state index contributed by atoms with van der Waals surface area (Å²) in [4.78, 5) is 11.5. The van der Waals surface area contributed by atoms with Crippen molar-refractivity contribution in [1.82, 2.24) is 0 Å². The summed E-state index contributed by atoms with van der Waals surface area (Å²) in [6, 6.07) is 9.52. The molecular formula is C16H14FNO3. The van der Waals surface area contributed by atoms with Crippen LogP contribution in [-0.2, 0) is 11.2 Å². The number of halogens is 1. The number of carbonyl (C=O) groups excluding carboxylic acids is 1. The number of para-hydroxylation sites is 1. The van der Waals surface area contributed by atoms with Crippen molar-refractivity contribution in [2.75, 3.05) is 12.4 Å². The zero-order chi connectivity index (χ0) is 15.0. The molecule has 5 heteroatoms. The molecule has 1 atom stereocenters. The van der Waals surface area contributed by atoms with Gasteiger partial charge in [0, 0.05) is 11.1 Å². The van der Waals surface area contributed by atoms with Crippen LogP contribution in [0, 0.1) is 5.82 Å². The molecule has 0 saturated carbocycles. The monoisotopic (exact) mass is 287 g/mol. The SMILES string of the molecule is COc1ccccc1C(O)c1cc(F)cc2c1NC(=O)C2. The Hall–Kier alpha value is -2.40. The standard InChI is InChI=1S/C16H14FNO3/c1-21-13-5-3-2-4-11(13)16(20)12-8-10(17)6-9-7-14(19)18-15(9)12/h2-6,8,16,20H,7H2,1H3,(H,18,19). The molecule has 108 valence electrons. The maximum Gasteiger partial charge on any atom is 0.228 e. The summed E-state index contributed by atoms with van der Waals surface area (Å²) in [5, 5.41) is 13.3. The van der Waals surface area contributed by atoms with Crippen LogP contribution in [0.2, 0.25) is 0 Å². The lowest BCUT2D eigenvalue weighted by atomic mass is 9.97. The maximum atomic E-state index is 13.7. The third-order valence-corrected chi connectivity index (χ3v) is 3.56. The number of fused-ring (bicyclic) bond motifs is 1. The van der Waals surface area contributed by atoms with Crippen molar-refractivity contribution in [2.24, 2.45) is 0 Å². The minimum atomic E-state index is -1.08. The second kappa shape index (κ2) is 5.18. The summed E-state index contributed by atoms with van der Waals surface area (Å²) in [5.41, 5.74) is 1.90. The summed E-state index contributed by atoms with van der Waals surface area (Å²) in [6.07, 6.45) is -0.956. The second-order valence-electron chi connectivity index (χ2n) is 4.90. The van der Waals surface area contributed by atoms with E-state index in [1.165, 1.54) is 19.2 Å². The summed E-state index contributed by atoms with van der Waals surface area (Å²) in [5.74, 6) is -0.175. The first-order chi connectivity index (χ1) is 10.1. The van der Waals surface area contributed by atoms with E-state index in [4.69, 9.17) is 4.74 Å². The predicted molar refractivity (Wildman–Crippen MR) is 75.8 cm³/mol. The Morgan fingerprint density at radius 2 is 2.05 bits per heavy atom. The van der Waals surface area contributed by atoms with Crippen molar-refractivity contribution in [3.05, 3.63) is 58.9 Å². The molecule has 21 heavy (non-hydrogen) atoms. The van der Waals surface area contributed by atoms with E-state index in [1.54, 1.807) is 24.3 Å². The van der Waals surface area contributed by atoms with Crippen LogP contribution in [0.3, 0.4) is 0 Å². The lowest BCUT2D eigenvalue weighted by Crippen LogP contribution is -2.08. The number of hydrogen-bond donors (Lipinski definition) is 2. The van der Waals surface area contributed by atoms with Gasteiger partial charge in [-0.1, -0.05) is 18.2 Å². The average molecular weight is 287 g/mol. The summed E-state index contributed by atoms with van der Waals surface area (Å²) in [6.45, 7) is 0. The molecule has 2 aromatic carbocycles. The maximum absolute atomic E-state index is 13.7. The van der Waals surface area contributed by atoms with Gasteiger partial charge in [-0.3, -0.25) is 4.79 Å². The van der Waals surface area contributed by atoms with Crippen molar-refractivity contribution in [1.29, 1.82) is 0 Å². The lowest BCUT2D eigenvalue weighted by Gasteiger charge is -2.18. The van der Waals surface area contributed by atoms with E-state index in [9.17, 15) is 14.3 Å². The number of hydrogen-bond acceptors (Lipinski definition) is 3. The summed E-state index contributed by atoms with van der Waals surface area (Å²) < 4.78 is 18.9. The van der Waals surface area contributed by atoms with Gasteiger partial charge in [-0.2, -0.15) is 0 Å². The van der Waals surface area contributed by atoms with Crippen molar-refractivity contribution < 1.29 is 19.0 Å². The van der Waals surface area contributed by atoms with Gasteiger partial charge >= 0.3 is 0 Å². The Morgan fingerprint density at radius 3 is 2.81 bits per heavy atom. The van der Waals surface area contributed by atoms with Gasteiger partial charge < -0.3 is 15.2 Å². The number of carbonyl (C=O) groups is 1. The van der Waals surface area contributed by atoms with Crippen molar-refractivity contribution in [3.63, 3.8) is 0 Å². The third-order valence-electron chi connectivity index (χ3n) is 3.56. The van der Waals surface area contributed by atoms with E-state index in [0.717, 1.165) is 0 Å². The van der Waals surface area contributed by atoms with E-state index >= 15 is 0 Å². The van der Waals surface area contributed by atoms with Gasteiger partial charge in [0.2, 0.25) is 5.91 Å². The van der Waals surface area contributed by atoms with Crippen molar-refractivity contribution >= 4 is 11.6 Å². The zero-order valence-corrected chi connectivity index (χ0v) is 11.4. The minimum Gasteiger partial charge on any atom is -0.496 e. The Kier molecular flexibility index (Phi) is 3.35. The van der Waals surface area contributed by atoms with Gasteiger partial charge in [0.05, 0.1) is 19.2 Å². The number of aliphatic hydroxyl groups excluding tert-OH is 1. The summed E-state index contributed by atoms with van der Waals surface area (Å²) in [7, 11) is 1.50. The van der Waals surface area contributed by atoms with E-state index in [1.807, 2.05) is 0 Å². The van der Waals surface area contributed by atoms with E-state index in [-0.39, 0.29) is 12.3 Å². The Bertz CT molecular complexity index is 715. The quantitative estimate of drug-likeness (QED) is 0.911. The highest BCUT2D eigenvalue weighted by molar-refractivity contribution is 6.00. The Labute approximate surface area is 121 Å². The topological polar surface area (TPSA) is 58.6 Å². The molecule has 2 aromatic rings. The number of methoxy groups -OCH3 is 1. The highest BCUT2D eigenvalue weighted by Gasteiger charge is 2.27. The fourth-order valence-corrected chi connectivity index (χ4v) is 2.61. The molecule has 0 bridgehead atoms. The average Bonchev–Trinajstić information content (AvgIpc) is 2.85. The first-order valence-electron chi connectivity index (χ1n) is 6.53. The van der Waals surface area contributed by atoms with Crippen LogP contribution in [-0.4, -0.2) is 18.1 Å². The number of amides is 1. The normalized spacial score (nSPS) is 14.5. The molecule has 0 saturated heterocycles. The van der Waals surface area contributed by atoms with Crippen LogP contribution in [0.1, 0.15) is 22.8 Å². The number of rotatable bonds is 3. The zero-order valence-electron chi connectivity index (χ0n) is 11.4. The fourth-order valence-electron chi connectivity index (χ4n) is 2.61.